The number of ether oxygens (including phenoxy) is 1. The molecule has 65 heavy (non-hydrogen) atoms. The van der Waals surface area contributed by atoms with Crippen molar-refractivity contribution in [1.82, 2.24) is 14.5 Å². The van der Waals surface area contributed by atoms with Crippen LogP contribution in [0.15, 0.2) is 203 Å². The van der Waals surface area contributed by atoms with Gasteiger partial charge in [-0.3, -0.25) is 9.55 Å². The van der Waals surface area contributed by atoms with Crippen LogP contribution < -0.4 is 4.74 Å². The number of imidazole rings is 1. The second-order valence-electron chi connectivity index (χ2n) is 18.0. The third-order valence-corrected chi connectivity index (χ3v) is 12.2. The molecule has 0 unspecified atom stereocenters. The standard InChI is InChI=1S/C59H43N3O3/c1-59(2,3)35-37-24-29-50(60-36-37)41-16-13-17-42(30-41)63-43-33-48-47-28-26-40(39-25-27-46-45-19-8-12-23-54(45)64-55(46)31-39)32-56(47)65-57(48)49(34-43)58-61-51-20-9-11-22-53(51)62(58)52-21-10-7-18-44(52)38-14-5-4-6-15-38/h4-34,36H,35H2,1-3H3. The van der Waals surface area contributed by atoms with Gasteiger partial charge in [-0.1, -0.05) is 130 Å². The average Bonchev–Trinajstić information content (AvgIpc) is 4.02. The number of hydrogen-bond donors (Lipinski definition) is 0. The minimum absolute atomic E-state index is 0.180. The van der Waals surface area contributed by atoms with E-state index in [1.807, 2.05) is 48.7 Å². The largest absolute Gasteiger partial charge is 0.457 e. The summed E-state index contributed by atoms with van der Waals surface area (Å²) in [5, 5.41) is 4.10. The third-order valence-electron chi connectivity index (χ3n) is 12.2. The molecule has 12 rings (SSSR count). The van der Waals surface area contributed by atoms with Crippen LogP contribution >= 0.6 is 0 Å². The number of benzene rings is 8. The zero-order chi connectivity index (χ0) is 43.6. The molecule has 6 heteroatoms. The van der Waals surface area contributed by atoms with E-state index in [0.717, 1.165) is 112 Å². The Bertz CT molecular complexity index is 3760. The lowest BCUT2D eigenvalue weighted by Gasteiger charge is -2.17. The Morgan fingerprint density at radius 1 is 0.508 bits per heavy atom. The molecule has 0 radical (unpaired) electrons. The molecule has 6 nitrogen and oxygen atoms in total. The van der Waals surface area contributed by atoms with Gasteiger partial charge in [0, 0.05) is 38.9 Å². The van der Waals surface area contributed by atoms with Gasteiger partial charge in [-0.2, -0.15) is 0 Å². The number of aromatic nitrogens is 3. The van der Waals surface area contributed by atoms with Crippen LogP contribution in [0.4, 0.5) is 0 Å². The van der Waals surface area contributed by atoms with E-state index in [2.05, 4.69) is 171 Å². The van der Waals surface area contributed by atoms with Gasteiger partial charge < -0.3 is 13.6 Å². The Kier molecular flexibility index (Phi) is 9.02. The second kappa shape index (κ2) is 15.2. The van der Waals surface area contributed by atoms with E-state index in [1.54, 1.807) is 0 Å². The van der Waals surface area contributed by atoms with Crippen LogP contribution in [0.25, 0.3) is 105 Å². The molecule has 312 valence electrons. The smallest absolute Gasteiger partial charge is 0.149 e. The number of pyridine rings is 1. The molecular formula is C59H43N3O3. The molecule has 0 spiro atoms. The van der Waals surface area contributed by atoms with Gasteiger partial charge in [0.15, 0.2) is 0 Å². The number of fused-ring (bicyclic) bond motifs is 7. The van der Waals surface area contributed by atoms with E-state index in [-0.39, 0.29) is 5.41 Å². The zero-order valence-electron chi connectivity index (χ0n) is 36.2. The van der Waals surface area contributed by atoms with Crippen molar-refractivity contribution in [2.24, 2.45) is 5.41 Å². The van der Waals surface area contributed by atoms with Crippen molar-refractivity contribution >= 4 is 54.9 Å². The number of furan rings is 2. The lowest BCUT2D eigenvalue weighted by Crippen LogP contribution is -2.09. The van der Waals surface area contributed by atoms with Crippen LogP contribution in [0.2, 0.25) is 0 Å². The second-order valence-corrected chi connectivity index (χ2v) is 18.0. The number of nitrogens with zero attached hydrogens (tertiary/aromatic N) is 3. The maximum absolute atomic E-state index is 7.02. The summed E-state index contributed by atoms with van der Waals surface area (Å²) in [5.74, 6) is 2.11. The highest BCUT2D eigenvalue weighted by Crippen LogP contribution is 2.44. The first-order valence-electron chi connectivity index (χ1n) is 22.1. The first-order valence-corrected chi connectivity index (χ1v) is 22.1. The maximum Gasteiger partial charge on any atom is 0.149 e. The maximum atomic E-state index is 7.02. The van der Waals surface area contributed by atoms with Gasteiger partial charge in [-0.25, -0.2) is 4.98 Å². The molecule has 0 amide bonds. The van der Waals surface area contributed by atoms with Gasteiger partial charge in [0.05, 0.1) is 28.0 Å². The van der Waals surface area contributed by atoms with Crippen molar-refractivity contribution in [1.29, 1.82) is 0 Å². The number of hydrogen-bond acceptors (Lipinski definition) is 5. The molecule has 0 aliphatic rings. The van der Waals surface area contributed by atoms with Gasteiger partial charge in [-0.15, -0.1) is 0 Å². The predicted octanol–water partition coefficient (Wildman–Crippen LogP) is 16.3. The molecule has 0 fully saturated rings. The summed E-state index contributed by atoms with van der Waals surface area (Å²) in [5.41, 5.74) is 14.4. The fraction of sp³-hybridized carbons (Fsp3) is 0.0847. The molecule has 0 bridgehead atoms. The van der Waals surface area contributed by atoms with E-state index in [1.165, 1.54) is 5.56 Å². The summed E-state index contributed by atoms with van der Waals surface area (Å²) in [7, 11) is 0. The Labute approximate surface area is 376 Å². The molecule has 12 aromatic rings. The van der Waals surface area contributed by atoms with Gasteiger partial charge in [-0.05, 0) is 113 Å². The Hall–Kier alpha value is -8.22. The Balaban J connectivity index is 1.03. The zero-order valence-corrected chi connectivity index (χ0v) is 36.2. The van der Waals surface area contributed by atoms with Crippen molar-refractivity contribution in [2.75, 3.05) is 0 Å². The fourth-order valence-corrected chi connectivity index (χ4v) is 9.31. The molecule has 0 saturated carbocycles. The normalized spacial score (nSPS) is 12.0. The molecule has 0 N–H and O–H groups in total. The highest BCUT2D eigenvalue weighted by Gasteiger charge is 2.24. The molecule has 0 saturated heterocycles. The SMILES string of the molecule is CC(C)(C)Cc1ccc(-c2cccc(Oc3cc(-c4nc5ccccc5n4-c4ccccc4-c4ccccc4)c4oc5cc(-c6ccc7c(c6)oc6ccccc67)ccc5c4c3)c2)nc1. The first-order chi connectivity index (χ1) is 31.8. The summed E-state index contributed by atoms with van der Waals surface area (Å²) in [4.78, 5) is 10.2. The summed E-state index contributed by atoms with van der Waals surface area (Å²) in [6.45, 7) is 6.74. The molecule has 0 atom stereocenters. The first kappa shape index (κ1) is 38.5. The van der Waals surface area contributed by atoms with Crippen molar-refractivity contribution in [2.45, 2.75) is 27.2 Å². The monoisotopic (exact) mass is 841 g/mol. The van der Waals surface area contributed by atoms with Crippen molar-refractivity contribution in [3.63, 3.8) is 0 Å². The number of rotatable bonds is 8. The lowest BCUT2D eigenvalue weighted by atomic mass is 9.89. The number of para-hydroxylation sites is 4. The topological polar surface area (TPSA) is 66.2 Å². The summed E-state index contributed by atoms with van der Waals surface area (Å²) >= 11 is 0. The minimum atomic E-state index is 0.180. The summed E-state index contributed by atoms with van der Waals surface area (Å²) in [6, 6.07) is 64.9. The van der Waals surface area contributed by atoms with Gasteiger partial charge in [0.1, 0.15) is 39.7 Å². The average molecular weight is 842 g/mol. The van der Waals surface area contributed by atoms with Crippen LogP contribution in [-0.4, -0.2) is 14.5 Å². The van der Waals surface area contributed by atoms with E-state index < -0.39 is 0 Å². The Morgan fingerprint density at radius 2 is 1.22 bits per heavy atom. The van der Waals surface area contributed by atoms with Crippen molar-refractivity contribution in [3.05, 3.63) is 200 Å². The van der Waals surface area contributed by atoms with E-state index in [0.29, 0.717) is 11.5 Å². The van der Waals surface area contributed by atoms with E-state index in [4.69, 9.17) is 23.5 Å². The van der Waals surface area contributed by atoms with E-state index >= 15 is 0 Å². The van der Waals surface area contributed by atoms with E-state index in [9.17, 15) is 0 Å². The molecule has 0 aliphatic heterocycles. The minimum Gasteiger partial charge on any atom is -0.457 e. The van der Waals surface area contributed by atoms with Gasteiger partial charge in [0.25, 0.3) is 0 Å². The van der Waals surface area contributed by atoms with Crippen molar-refractivity contribution < 1.29 is 13.6 Å². The molecule has 0 aliphatic carbocycles. The van der Waals surface area contributed by atoms with Crippen LogP contribution in [0, 0.1) is 5.41 Å². The van der Waals surface area contributed by atoms with Crippen molar-refractivity contribution in [3.8, 4) is 62.1 Å². The lowest BCUT2D eigenvalue weighted by molar-refractivity contribution is 0.411. The molecule has 4 aromatic heterocycles. The van der Waals surface area contributed by atoms with Gasteiger partial charge in [0.2, 0.25) is 0 Å². The Morgan fingerprint density at radius 3 is 2.03 bits per heavy atom. The van der Waals surface area contributed by atoms with Crippen LogP contribution in [-0.2, 0) is 6.42 Å². The van der Waals surface area contributed by atoms with Crippen LogP contribution in [0.5, 0.6) is 11.5 Å². The highest BCUT2D eigenvalue weighted by molar-refractivity contribution is 6.12. The van der Waals surface area contributed by atoms with Gasteiger partial charge >= 0.3 is 0 Å². The quantitative estimate of drug-likeness (QED) is 0.152. The highest BCUT2D eigenvalue weighted by atomic mass is 16.5. The molecular weight excluding hydrogens is 799 g/mol. The fourth-order valence-electron chi connectivity index (χ4n) is 9.31. The predicted molar refractivity (Wildman–Crippen MR) is 265 cm³/mol. The van der Waals surface area contributed by atoms with Crippen LogP contribution in [0.1, 0.15) is 26.3 Å². The molecule has 8 aromatic carbocycles. The third kappa shape index (κ3) is 7.00. The molecule has 4 heterocycles. The summed E-state index contributed by atoms with van der Waals surface area (Å²) in [6.07, 6.45) is 2.95. The van der Waals surface area contributed by atoms with Crippen LogP contribution in [0.3, 0.4) is 0 Å². The summed E-state index contributed by atoms with van der Waals surface area (Å²) < 4.78 is 22.4.